The number of hydrogen-bond acceptors (Lipinski definition) is 4. The molecule has 0 fully saturated rings. The standard InChI is InChI=1S/C16H16F6N2O3/c1-23(2)5-6-26-12-4-3-10-8-24(9-11(10)7-12)14(25)27-13(15(17,18)19)16(20,21)22/h3-4,7-9,13H,5-6H2,1-2H3. The van der Waals surface area contributed by atoms with Gasteiger partial charge in [0.15, 0.2) is 0 Å². The van der Waals surface area contributed by atoms with E-state index in [1.54, 1.807) is 6.07 Å². The topological polar surface area (TPSA) is 43.7 Å². The molecule has 1 aromatic carbocycles. The predicted molar refractivity (Wildman–Crippen MR) is 83.8 cm³/mol. The van der Waals surface area contributed by atoms with Crippen molar-refractivity contribution in [2.75, 3.05) is 27.2 Å². The largest absolute Gasteiger partial charge is 0.492 e. The van der Waals surface area contributed by atoms with Crippen LogP contribution < -0.4 is 4.74 Å². The average Bonchev–Trinajstić information content (AvgIpc) is 2.93. The Kier molecular flexibility index (Phi) is 5.93. The Labute approximate surface area is 150 Å². The molecule has 1 heterocycles. The summed E-state index contributed by atoms with van der Waals surface area (Å²) >= 11 is 0. The molecular weight excluding hydrogens is 382 g/mol. The van der Waals surface area contributed by atoms with Gasteiger partial charge in [0, 0.05) is 29.7 Å². The number of likely N-dealkylation sites (N-methyl/N-ethyl adjacent to an activating group) is 1. The number of alkyl halides is 6. The highest BCUT2D eigenvalue weighted by Gasteiger charge is 2.60. The normalized spacial score (nSPS) is 12.8. The minimum absolute atomic E-state index is 0.375. The summed E-state index contributed by atoms with van der Waals surface area (Å²) in [5, 5.41) is 0.812. The molecule has 0 bridgehead atoms. The molecule has 0 saturated heterocycles. The molecule has 0 aliphatic carbocycles. The van der Waals surface area contributed by atoms with Gasteiger partial charge in [-0.25, -0.2) is 4.79 Å². The lowest BCUT2D eigenvalue weighted by Crippen LogP contribution is -2.46. The second-order valence-corrected chi connectivity index (χ2v) is 5.95. The van der Waals surface area contributed by atoms with Crippen molar-refractivity contribution in [3.05, 3.63) is 30.6 Å². The van der Waals surface area contributed by atoms with E-state index < -0.39 is 24.5 Å². The Morgan fingerprint density at radius 1 is 1.07 bits per heavy atom. The Morgan fingerprint density at radius 3 is 2.22 bits per heavy atom. The molecule has 0 spiro atoms. The van der Waals surface area contributed by atoms with Crippen LogP contribution in [0.25, 0.3) is 10.8 Å². The van der Waals surface area contributed by atoms with E-state index in [1.165, 1.54) is 12.1 Å². The maximum absolute atomic E-state index is 12.5. The fourth-order valence-electron chi connectivity index (χ4n) is 2.14. The molecule has 1 aromatic heterocycles. The van der Waals surface area contributed by atoms with Gasteiger partial charge in [0.25, 0.3) is 6.10 Å². The Morgan fingerprint density at radius 2 is 1.67 bits per heavy atom. The first-order valence-corrected chi connectivity index (χ1v) is 7.61. The molecule has 0 aliphatic rings. The van der Waals surface area contributed by atoms with Gasteiger partial charge in [0.2, 0.25) is 0 Å². The molecule has 0 saturated carbocycles. The van der Waals surface area contributed by atoms with E-state index in [2.05, 4.69) is 4.74 Å². The SMILES string of the molecule is CN(C)CCOc1ccc2cn(C(=O)OC(C(F)(F)F)C(F)(F)F)cc2c1. The van der Waals surface area contributed by atoms with Gasteiger partial charge >= 0.3 is 18.4 Å². The van der Waals surface area contributed by atoms with Crippen molar-refractivity contribution in [2.24, 2.45) is 0 Å². The van der Waals surface area contributed by atoms with Gasteiger partial charge in [0.05, 0.1) is 0 Å². The van der Waals surface area contributed by atoms with Gasteiger partial charge in [-0.1, -0.05) is 0 Å². The third-order valence-electron chi connectivity index (χ3n) is 3.45. The van der Waals surface area contributed by atoms with Gasteiger partial charge in [-0.2, -0.15) is 26.3 Å². The third kappa shape index (κ3) is 5.52. The highest BCUT2D eigenvalue weighted by Crippen LogP contribution is 2.36. The van der Waals surface area contributed by atoms with Crippen LogP contribution in [0, 0.1) is 0 Å². The number of halogens is 6. The smallest absolute Gasteiger partial charge is 0.434 e. The lowest BCUT2D eigenvalue weighted by Gasteiger charge is -2.22. The number of ether oxygens (including phenoxy) is 2. The molecule has 27 heavy (non-hydrogen) atoms. The van der Waals surface area contributed by atoms with Crippen LogP contribution in [0.3, 0.4) is 0 Å². The van der Waals surface area contributed by atoms with Gasteiger partial charge in [-0.3, -0.25) is 4.57 Å². The van der Waals surface area contributed by atoms with E-state index in [1.807, 2.05) is 19.0 Å². The fraction of sp³-hybridized carbons (Fsp3) is 0.438. The first-order valence-electron chi connectivity index (χ1n) is 7.61. The van der Waals surface area contributed by atoms with Crippen molar-refractivity contribution < 1.29 is 40.6 Å². The minimum Gasteiger partial charge on any atom is -0.492 e. The maximum atomic E-state index is 12.5. The van der Waals surface area contributed by atoms with Crippen molar-refractivity contribution >= 4 is 16.9 Å². The molecule has 0 radical (unpaired) electrons. The predicted octanol–water partition coefficient (Wildman–Crippen LogP) is 4.06. The lowest BCUT2D eigenvalue weighted by molar-refractivity contribution is -0.306. The summed E-state index contributed by atoms with van der Waals surface area (Å²) in [4.78, 5) is 13.6. The summed E-state index contributed by atoms with van der Waals surface area (Å²) in [6, 6.07) is 4.61. The number of carbonyl (C=O) groups is 1. The van der Waals surface area contributed by atoms with Crippen molar-refractivity contribution in [3.63, 3.8) is 0 Å². The summed E-state index contributed by atoms with van der Waals surface area (Å²) in [5.74, 6) is 0.443. The first-order chi connectivity index (χ1) is 12.4. The number of fused-ring (bicyclic) bond motifs is 1. The van der Waals surface area contributed by atoms with Crippen molar-refractivity contribution in [3.8, 4) is 5.75 Å². The van der Waals surface area contributed by atoms with Gasteiger partial charge in [-0.15, -0.1) is 0 Å². The number of aromatic nitrogens is 1. The summed E-state index contributed by atoms with van der Waals surface area (Å²) in [6.45, 7) is 1.02. The zero-order valence-corrected chi connectivity index (χ0v) is 14.3. The highest BCUT2D eigenvalue weighted by atomic mass is 19.4. The Hall–Kier alpha value is -2.43. The van der Waals surface area contributed by atoms with Crippen LogP contribution in [-0.2, 0) is 4.74 Å². The number of benzene rings is 1. The van der Waals surface area contributed by atoms with Crippen LogP contribution >= 0.6 is 0 Å². The molecule has 5 nitrogen and oxygen atoms in total. The van der Waals surface area contributed by atoms with E-state index in [9.17, 15) is 31.1 Å². The van der Waals surface area contributed by atoms with Crippen molar-refractivity contribution in [1.29, 1.82) is 0 Å². The van der Waals surface area contributed by atoms with E-state index in [-0.39, 0.29) is 0 Å². The zero-order valence-electron chi connectivity index (χ0n) is 14.3. The fourth-order valence-corrected chi connectivity index (χ4v) is 2.14. The summed E-state index contributed by atoms with van der Waals surface area (Å²) in [6.07, 6.45) is -15.4. The summed E-state index contributed by atoms with van der Waals surface area (Å²) < 4.78 is 84.7. The summed E-state index contributed by atoms with van der Waals surface area (Å²) in [5.41, 5.74) is 0. The number of nitrogens with zero attached hydrogens (tertiary/aromatic N) is 2. The number of hydrogen-bond donors (Lipinski definition) is 0. The monoisotopic (exact) mass is 398 g/mol. The van der Waals surface area contributed by atoms with Crippen LogP contribution in [-0.4, -0.2) is 61.3 Å². The Balaban J connectivity index is 2.17. The van der Waals surface area contributed by atoms with Gasteiger partial charge < -0.3 is 14.4 Å². The van der Waals surface area contributed by atoms with Gasteiger partial charge in [-0.05, 0) is 32.3 Å². The molecule has 2 rings (SSSR count). The van der Waals surface area contributed by atoms with Gasteiger partial charge in [0.1, 0.15) is 12.4 Å². The maximum Gasteiger partial charge on any atom is 0.434 e. The van der Waals surface area contributed by atoms with E-state index in [4.69, 9.17) is 4.74 Å². The second kappa shape index (κ2) is 7.67. The van der Waals surface area contributed by atoms with Crippen molar-refractivity contribution in [2.45, 2.75) is 18.5 Å². The van der Waals surface area contributed by atoms with E-state index in [0.717, 1.165) is 12.4 Å². The second-order valence-electron chi connectivity index (χ2n) is 5.95. The third-order valence-corrected chi connectivity index (χ3v) is 3.45. The van der Waals surface area contributed by atoms with Crippen molar-refractivity contribution in [1.82, 2.24) is 9.47 Å². The number of carbonyl (C=O) groups excluding carboxylic acids is 1. The Bertz CT molecular complexity index is 784. The quantitative estimate of drug-likeness (QED) is 0.713. The molecule has 150 valence electrons. The number of rotatable bonds is 5. The average molecular weight is 398 g/mol. The zero-order chi connectivity index (χ0) is 20.4. The first kappa shape index (κ1) is 20.9. The van der Waals surface area contributed by atoms with Crippen LogP contribution in [0.15, 0.2) is 30.6 Å². The van der Waals surface area contributed by atoms with E-state index in [0.29, 0.717) is 34.2 Å². The van der Waals surface area contributed by atoms with Crippen LogP contribution in [0.1, 0.15) is 0 Å². The molecule has 0 N–H and O–H groups in total. The molecule has 2 aromatic rings. The molecule has 0 atom stereocenters. The molecule has 0 aliphatic heterocycles. The highest BCUT2D eigenvalue weighted by molar-refractivity contribution is 5.88. The lowest BCUT2D eigenvalue weighted by atomic mass is 10.2. The molecule has 0 amide bonds. The van der Waals surface area contributed by atoms with Crippen LogP contribution in [0.5, 0.6) is 5.75 Å². The minimum atomic E-state index is -5.77. The molecular formula is C16H16F6N2O3. The van der Waals surface area contributed by atoms with E-state index >= 15 is 0 Å². The van der Waals surface area contributed by atoms with Crippen LogP contribution in [0.4, 0.5) is 31.1 Å². The molecule has 11 heteroatoms. The summed E-state index contributed by atoms with van der Waals surface area (Å²) in [7, 11) is 3.71. The molecule has 0 unspecified atom stereocenters. The van der Waals surface area contributed by atoms with Crippen LogP contribution in [0.2, 0.25) is 0 Å².